The van der Waals surface area contributed by atoms with E-state index in [1.54, 1.807) is 0 Å². The summed E-state index contributed by atoms with van der Waals surface area (Å²) in [6.07, 6.45) is 3.52. The second-order valence-electron chi connectivity index (χ2n) is 8.03. The van der Waals surface area contributed by atoms with E-state index in [1.165, 1.54) is 36.3 Å². The van der Waals surface area contributed by atoms with Crippen molar-refractivity contribution in [3.05, 3.63) is 91.0 Å². The van der Waals surface area contributed by atoms with E-state index in [1.807, 2.05) is 0 Å². The van der Waals surface area contributed by atoms with Crippen molar-refractivity contribution < 1.29 is 0 Å². The third-order valence-electron chi connectivity index (χ3n) is 5.93. The molecule has 0 aliphatic carbocycles. The van der Waals surface area contributed by atoms with Crippen LogP contribution in [0.1, 0.15) is 19.3 Å². The van der Waals surface area contributed by atoms with Gasteiger partial charge in [-0.25, -0.2) is 0 Å². The zero-order valence-electron chi connectivity index (χ0n) is 17.9. The Bertz CT molecular complexity index is 721. The van der Waals surface area contributed by atoms with E-state index in [-0.39, 0.29) is 0 Å². The summed E-state index contributed by atoms with van der Waals surface area (Å²) in [6.45, 7) is 6.58. The summed E-state index contributed by atoms with van der Waals surface area (Å²) in [5, 5.41) is 0. The highest BCUT2D eigenvalue weighted by atomic mass is 15.2. The maximum absolute atomic E-state index is 2.56. The molecule has 1 heterocycles. The van der Waals surface area contributed by atoms with Crippen molar-refractivity contribution in [2.75, 3.05) is 54.0 Å². The summed E-state index contributed by atoms with van der Waals surface area (Å²) in [5.41, 5.74) is 4.02. The van der Waals surface area contributed by atoms with E-state index >= 15 is 0 Å². The van der Waals surface area contributed by atoms with Crippen LogP contribution < -0.4 is 14.7 Å². The van der Waals surface area contributed by atoms with Crippen LogP contribution in [0.2, 0.25) is 0 Å². The Kier molecular flexibility index (Phi) is 7.27. The minimum Gasteiger partial charge on any atom is -0.371 e. The van der Waals surface area contributed by atoms with Gasteiger partial charge in [-0.1, -0.05) is 54.6 Å². The minimum absolute atomic E-state index is 1.10. The van der Waals surface area contributed by atoms with Gasteiger partial charge in [0.05, 0.1) is 0 Å². The van der Waals surface area contributed by atoms with E-state index < -0.39 is 0 Å². The molecule has 1 saturated heterocycles. The van der Waals surface area contributed by atoms with Crippen LogP contribution in [-0.4, -0.2) is 39.3 Å². The molecule has 0 atom stereocenters. The highest BCUT2D eigenvalue weighted by Crippen LogP contribution is 2.20. The van der Waals surface area contributed by atoms with Gasteiger partial charge in [0, 0.05) is 56.3 Å². The average Bonchev–Trinajstić information content (AvgIpc) is 2.81. The molecule has 0 unspecified atom stereocenters. The lowest BCUT2D eigenvalue weighted by molar-refractivity contribution is 0.618. The average molecular weight is 400 g/mol. The third-order valence-corrected chi connectivity index (χ3v) is 5.93. The maximum atomic E-state index is 2.56. The van der Waals surface area contributed by atoms with Crippen molar-refractivity contribution >= 4 is 17.1 Å². The highest BCUT2D eigenvalue weighted by molar-refractivity contribution is 5.49. The summed E-state index contributed by atoms with van der Waals surface area (Å²) in [4.78, 5) is 7.69. The van der Waals surface area contributed by atoms with Gasteiger partial charge in [-0.2, -0.15) is 0 Å². The van der Waals surface area contributed by atoms with Gasteiger partial charge in [0.2, 0.25) is 0 Å². The fraction of sp³-hybridized carbons (Fsp3) is 0.333. The Morgan fingerprint density at radius 3 is 0.800 bits per heavy atom. The Hall–Kier alpha value is -2.94. The molecule has 0 bridgehead atoms. The molecule has 1 aliphatic heterocycles. The molecule has 3 heteroatoms. The molecular formula is C27H33N3. The molecule has 0 spiro atoms. The van der Waals surface area contributed by atoms with E-state index in [9.17, 15) is 0 Å². The molecule has 156 valence electrons. The lowest BCUT2D eigenvalue weighted by atomic mass is 10.2. The van der Waals surface area contributed by atoms with Crippen molar-refractivity contribution in [1.82, 2.24) is 0 Å². The lowest BCUT2D eigenvalue weighted by Gasteiger charge is -2.33. The molecule has 0 N–H and O–H groups in total. The van der Waals surface area contributed by atoms with Crippen LogP contribution in [0.4, 0.5) is 17.1 Å². The van der Waals surface area contributed by atoms with Crippen LogP contribution in [-0.2, 0) is 0 Å². The SMILES string of the molecule is c1ccc(N2CCCN(c3ccccc3)CCCN(c3ccccc3)CCC2)cc1. The molecule has 0 radical (unpaired) electrons. The van der Waals surface area contributed by atoms with E-state index in [0.717, 1.165) is 39.3 Å². The zero-order valence-corrected chi connectivity index (χ0v) is 17.9. The summed E-state index contributed by atoms with van der Waals surface area (Å²) in [6, 6.07) is 32.7. The number of nitrogens with zero attached hydrogens (tertiary/aromatic N) is 3. The van der Waals surface area contributed by atoms with Crippen molar-refractivity contribution in [3.63, 3.8) is 0 Å². The van der Waals surface area contributed by atoms with E-state index in [4.69, 9.17) is 0 Å². The molecule has 0 aromatic heterocycles. The van der Waals surface area contributed by atoms with Crippen LogP contribution in [0, 0.1) is 0 Å². The molecule has 4 rings (SSSR count). The first kappa shape index (κ1) is 20.3. The van der Waals surface area contributed by atoms with Crippen molar-refractivity contribution in [2.45, 2.75) is 19.3 Å². The van der Waals surface area contributed by atoms with Crippen LogP contribution >= 0.6 is 0 Å². The fourth-order valence-electron chi connectivity index (χ4n) is 4.38. The number of benzene rings is 3. The summed E-state index contributed by atoms with van der Waals surface area (Å²) in [5.74, 6) is 0. The molecule has 30 heavy (non-hydrogen) atoms. The van der Waals surface area contributed by atoms with Crippen LogP contribution in [0.25, 0.3) is 0 Å². The minimum atomic E-state index is 1.10. The smallest absolute Gasteiger partial charge is 0.0366 e. The second-order valence-corrected chi connectivity index (χ2v) is 8.03. The van der Waals surface area contributed by atoms with Crippen LogP contribution in [0.5, 0.6) is 0 Å². The van der Waals surface area contributed by atoms with Crippen LogP contribution in [0.3, 0.4) is 0 Å². The Balaban J connectivity index is 1.52. The van der Waals surface area contributed by atoms with Gasteiger partial charge in [-0.15, -0.1) is 0 Å². The second kappa shape index (κ2) is 10.7. The van der Waals surface area contributed by atoms with Gasteiger partial charge in [0.1, 0.15) is 0 Å². The molecule has 3 nitrogen and oxygen atoms in total. The predicted octanol–water partition coefficient (Wildman–Crippen LogP) is 5.69. The summed E-state index contributed by atoms with van der Waals surface area (Å²) < 4.78 is 0. The largest absolute Gasteiger partial charge is 0.371 e. The summed E-state index contributed by atoms with van der Waals surface area (Å²) in [7, 11) is 0. The topological polar surface area (TPSA) is 9.72 Å². The van der Waals surface area contributed by atoms with Crippen molar-refractivity contribution in [3.8, 4) is 0 Å². The van der Waals surface area contributed by atoms with Gasteiger partial charge in [-0.3, -0.25) is 0 Å². The highest BCUT2D eigenvalue weighted by Gasteiger charge is 2.14. The maximum Gasteiger partial charge on any atom is 0.0366 e. The predicted molar refractivity (Wildman–Crippen MR) is 130 cm³/mol. The first-order valence-corrected chi connectivity index (χ1v) is 11.3. The van der Waals surface area contributed by atoms with Crippen LogP contribution in [0.15, 0.2) is 91.0 Å². The van der Waals surface area contributed by atoms with Gasteiger partial charge in [0.25, 0.3) is 0 Å². The molecule has 3 aromatic rings. The fourth-order valence-corrected chi connectivity index (χ4v) is 4.38. The van der Waals surface area contributed by atoms with E-state index in [2.05, 4.69) is 106 Å². The lowest BCUT2D eigenvalue weighted by Crippen LogP contribution is -2.36. The molecule has 0 amide bonds. The van der Waals surface area contributed by atoms with Gasteiger partial charge < -0.3 is 14.7 Å². The quantitative estimate of drug-likeness (QED) is 0.560. The van der Waals surface area contributed by atoms with Crippen molar-refractivity contribution in [2.24, 2.45) is 0 Å². The van der Waals surface area contributed by atoms with Gasteiger partial charge >= 0.3 is 0 Å². The Labute approximate surface area is 181 Å². The molecular weight excluding hydrogens is 366 g/mol. The van der Waals surface area contributed by atoms with Crippen molar-refractivity contribution in [1.29, 1.82) is 0 Å². The standard InChI is InChI=1S/C27H33N3/c1-4-13-25(14-5-1)28-19-10-21-29(26-15-6-2-7-16-26)23-12-24-30(22-11-20-28)27-17-8-3-9-18-27/h1-9,13-18H,10-12,19-24H2. The molecule has 1 fully saturated rings. The third kappa shape index (κ3) is 5.56. The van der Waals surface area contributed by atoms with Gasteiger partial charge in [-0.05, 0) is 55.7 Å². The van der Waals surface area contributed by atoms with E-state index in [0.29, 0.717) is 0 Å². The number of hydrogen-bond donors (Lipinski definition) is 0. The zero-order chi connectivity index (χ0) is 20.4. The monoisotopic (exact) mass is 399 g/mol. The normalized spacial score (nSPS) is 16.6. The number of para-hydroxylation sites is 3. The number of anilines is 3. The molecule has 1 aliphatic rings. The summed E-state index contributed by atoms with van der Waals surface area (Å²) >= 11 is 0. The molecule has 0 saturated carbocycles. The Morgan fingerprint density at radius 2 is 0.567 bits per heavy atom. The Morgan fingerprint density at radius 1 is 0.333 bits per heavy atom. The first-order valence-electron chi connectivity index (χ1n) is 11.3. The number of hydrogen-bond acceptors (Lipinski definition) is 3. The van der Waals surface area contributed by atoms with Gasteiger partial charge in [0.15, 0.2) is 0 Å². The number of rotatable bonds is 3. The first-order chi connectivity index (χ1) is 14.9. The molecule has 3 aromatic carbocycles.